The van der Waals surface area contributed by atoms with Gasteiger partial charge in [-0.2, -0.15) is 30.7 Å². The summed E-state index contributed by atoms with van der Waals surface area (Å²) in [5, 5.41) is 4.19. The summed E-state index contributed by atoms with van der Waals surface area (Å²) in [4.78, 5) is 23.1. The zero-order valence-corrected chi connectivity index (χ0v) is 18.2. The van der Waals surface area contributed by atoms with Crippen LogP contribution >= 0.6 is 0 Å². The Kier molecular flexibility index (Phi) is 6.50. The number of primary amides is 1. The van der Waals surface area contributed by atoms with Crippen LogP contribution in [0.3, 0.4) is 0 Å². The Morgan fingerprint density at radius 3 is 1.76 bits per heavy atom. The quantitative estimate of drug-likeness (QED) is 0.224. The molecule has 0 atom stereocenters. The third-order valence-corrected chi connectivity index (χ3v) is 5.02. The molecule has 0 bridgehead atoms. The van der Waals surface area contributed by atoms with Crippen molar-refractivity contribution in [3.8, 4) is 22.8 Å². The fourth-order valence-corrected chi connectivity index (χ4v) is 3.20. The molecule has 0 saturated heterocycles. The minimum absolute atomic E-state index is 0.00107. The first-order valence-corrected chi connectivity index (χ1v) is 10.1. The summed E-state index contributed by atoms with van der Waals surface area (Å²) in [5.74, 6) is -1.16. The van der Waals surface area contributed by atoms with Crippen LogP contribution in [-0.2, 0) is 17.1 Å². The summed E-state index contributed by atoms with van der Waals surface area (Å²) in [6.45, 7) is 0. The lowest BCUT2D eigenvalue weighted by molar-refractivity contribution is -0.138. The van der Waals surface area contributed by atoms with Gasteiger partial charge in [0.2, 0.25) is 0 Å². The van der Waals surface area contributed by atoms with Crippen molar-refractivity contribution in [2.75, 3.05) is 0 Å². The zero-order chi connectivity index (χ0) is 27.0. The van der Waals surface area contributed by atoms with Crippen LogP contribution in [0.2, 0.25) is 0 Å². The van der Waals surface area contributed by atoms with E-state index in [1.807, 2.05) is 0 Å². The molecule has 0 aliphatic rings. The first kappa shape index (κ1) is 25.5. The second-order valence-electron chi connectivity index (χ2n) is 7.50. The summed E-state index contributed by atoms with van der Waals surface area (Å²) >= 11 is 0. The minimum atomic E-state index is -4.60. The van der Waals surface area contributed by atoms with Crippen LogP contribution in [-0.4, -0.2) is 30.6 Å². The standard InChI is InChI=1S/C23H13F7N6O/c24-21-32-9-14(10-33-21)17(18(31)37)11-36-20(13-3-7-16(8-4-13)23(28,29)30)34-19(35-36)12-1-5-15(6-2-12)22(25,26)27/h1-11H,(H2,31,37). The van der Waals surface area contributed by atoms with E-state index >= 15 is 0 Å². The highest BCUT2D eigenvalue weighted by Gasteiger charge is 2.31. The number of carbonyl (C=O) groups is 1. The predicted molar refractivity (Wildman–Crippen MR) is 116 cm³/mol. The number of nitrogens with two attached hydrogens (primary N) is 1. The summed E-state index contributed by atoms with van der Waals surface area (Å²) in [6, 6.07) is 7.69. The van der Waals surface area contributed by atoms with Gasteiger partial charge in [0.25, 0.3) is 5.91 Å². The lowest BCUT2D eigenvalue weighted by atomic mass is 10.1. The lowest BCUT2D eigenvalue weighted by Crippen LogP contribution is -2.14. The van der Waals surface area contributed by atoms with E-state index in [4.69, 9.17) is 5.73 Å². The van der Waals surface area contributed by atoms with E-state index in [9.17, 15) is 35.5 Å². The fraction of sp³-hybridized carbons (Fsp3) is 0.0870. The number of amides is 1. The van der Waals surface area contributed by atoms with Crippen LogP contribution in [0.1, 0.15) is 16.7 Å². The molecule has 0 aliphatic carbocycles. The van der Waals surface area contributed by atoms with Crippen molar-refractivity contribution < 1.29 is 35.5 Å². The van der Waals surface area contributed by atoms with E-state index in [1.165, 1.54) is 0 Å². The van der Waals surface area contributed by atoms with Crippen molar-refractivity contribution in [3.63, 3.8) is 0 Å². The Labute approximate surface area is 203 Å². The molecule has 0 spiro atoms. The van der Waals surface area contributed by atoms with E-state index in [-0.39, 0.29) is 33.9 Å². The fourth-order valence-electron chi connectivity index (χ4n) is 3.20. The van der Waals surface area contributed by atoms with Crippen molar-refractivity contribution in [1.29, 1.82) is 0 Å². The summed E-state index contributed by atoms with van der Waals surface area (Å²) < 4.78 is 92.0. The number of alkyl halides is 6. The monoisotopic (exact) mass is 522 g/mol. The molecule has 14 heteroatoms. The average Bonchev–Trinajstić information content (AvgIpc) is 3.26. The molecular formula is C23H13F7N6O. The maximum absolute atomic E-state index is 13.1. The third-order valence-electron chi connectivity index (χ3n) is 5.02. The number of halogens is 7. The SMILES string of the molecule is NC(=O)C(=Cn1nc(-c2ccc(C(F)(F)F)cc2)nc1-c1ccc(C(F)(F)F)cc1)c1cnc(F)nc1. The number of hydrogen-bond acceptors (Lipinski definition) is 5. The molecule has 0 fully saturated rings. The van der Waals surface area contributed by atoms with E-state index in [0.29, 0.717) is 0 Å². The number of hydrogen-bond donors (Lipinski definition) is 1. The number of carbonyl (C=O) groups excluding carboxylic acids is 1. The number of benzene rings is 2. The summed E-state index contributed by atoms with van der Waals surface area (Å²) in [7, 11) is 0. The van der Waals surface area contributed by atoms with Crippen molar-refractivity contribution in [2.45, 2.75) is 12.4 Å². The highest BCUT2D eigenvalue weighted by molar-refractivity contribution is 6.22. The van der Waals surface area contributed by atoms with Crippen LogP contribution in [0.5, 0.6) is 0 Å². The number of rotatable bonds is 5. The minimum Gasteiger partial charge on any atom is -0.366 e. The Morgan fingerprint density at radius 1 is 0.811 bits per heavy atom. The van der Waals surface area contributed by atoms with Crippen LogP contribution < -0.4 is 5.73 Å². The molecule has 190 valence electrons. The van der Waals surface area contributed by atoms with Crippen LogP contribution in [0.4, 0.5) is 30.7 Å². The van der Waals surface area contributed by atoms with Gasteiger partial charge in [-0.3, -0.25) is 4.79 Å². The topological polar surface area (TPSA) is 99.6 Å². The first-order chi connectivity index (χ1) is 17.3. The molecule has 4 aromatic rings. The summed E-state index contributed by atoms with van der Waals surface area (Å²) in [5.41, 5.74) is 3.63. The Morgan fingerprint density at radius 2 is 1.30 bits per heavy atom. The first-order valence-electron chi connectivity index (χ1n) is 10.1. The lowest BCUT2D eigenvalue weighted by Gasteiger charge is -2.08. The van der Waals surface area contributed by atoms with Gasteiger partial charge in [-0.05, 0) is 24.3 Å². The van der Waals surface area contributed by atoms with E-state index in [1.54, 1.807) is 0 Å². The van der Waals surface area contributed by atoms with E-state index in [2.05, 4.69) is 20.1 Å². The zero-order valence-electron chi connectivity index (χ0n) is 18.2. The molecule has 4 rings (SSSR count). The second kappa shape index (κ2) is 9.44. The Hall–Kier alpha value is -4.62. The highest BCUT2D eigenvalue weighted by atomic mass is 19.4. The van der Waals surface area contributed by atoms with E-state index in [0.717, 1.165) is 71.8 Å². The predicted octanol–water partition coefficient (Wildman–Crippen LogP) is 5.06. The molecule has 0 unspecified atom stereocenters. The number of aromatic nitrogens is 5. The van der Waals surface area contributed by atoms with Gasteiger partial charge >= 0.3 is 18.4 Å². The van der Waals surface area contributed by atoms with Gasteiger partial charge in [0.05, 0.1) is 16.7 Å². The van der Waals surface area contributed by atoms with Crippen molar-refractivity contribution in [1.82, 2.24) is 24.7 Å². The summed E-state index contributed by atoms with van der Waals surface area (Å²) in [6.07, 6.45) is -7.21. The smallest absolute Gasteiger partial charge is 0.366 e. The number of nitrogens with zero attached hydrogens (tertiary/aromatic N) is 5. The molecule has 37 heavy (non-hydrogen) atoms. The molecular weight excluding hydrogens is 509 g/mol. The van der Waals surface area contributed by atoms with Crippen LogP contribution in [0.25, 0.3) is 34.5 Å². The third kappa shape index (κ3) is 5.63. The van der Waals surface area contributed by atoms with Gasteiger partial charge in [-0.15, -0.1) is 5.10 Å². The van der Waals surface area contributed by atoms with Crippen molar-refractivity contribution >= 4 is 17.7 Å². The van der Waals surface area contributed by atoms with E-state index < -0.39 is 35.5 Å². The maximum atomic E-state index is 13.1. The van der Waals surface area contributed by atoms with Crippen molar-refractivity contribution in [3.05, 3.63) is 83.7 Å². The van der Waals surface area contributed by atoms with Gasteiger partial charge in [-0.1, -0.05) is 24.3 Å². The maximum Gasteiger partial charge on any atom is 0.416 e. The van der Waals surface area contributed by atoms with Gasteiger partial charge in [0, 0.05) is 35.3 Å². The largest absolute Gasteiger partial charge is 0.416 e. The van der Waals surface area contributed by atoms with Gasteiger partial charge < -0.3 is 5.73 Å². The normalized spacial score (nSPS) is 12.6. The second-order valence-corrected chi connectivity index (χ2v) is 7.50. The Balaban J connectivity index is 1.86. The highest BCUT2D eigenvalue weighted by Crippen LogP contribution is 2.33. The molecule has 0 radical (unpaired) electrons. The van der Waals surface area contributed by atoms with Crippen LogP contribution in [0.15, 0.2) is 60.9 Å². The molecule has 1 amide bonds. The molecule has 0 saturated carbocycles. The Bertz CT molecular complexity index is 1460. The van der Waals surface area contributed by atoms with Gasteiger partial charge in [0.1, 0.15) is 0 Å². The molecule has 0 aliphatic heterocycles. The molecule has 2 heterocycles. The average molecular weight is 522 g/mol. The van der Waals surface area contributed by atoms with Gasteiger partial charge in [-0.25, -0.2) is 19.6 Å². The molecule has 7 nitrogen and oxygen atoms in total. The van der Waals surface area contributed by atoms with Crippen LogP contribution in [0, 0.1) is 6.08 Å². The van der Waals surface area contributed by atoms with Gasteiger partial charge in [0.15, 0.2) is 11.6 Å². The molecule has 2 N–H and O–H groups in total. The molecule has 2 aromatic heterocycles. The van der Waals surface area contributed by atoms with Crippen molar-refractivity contribution in [2.24, 2.45) is 5.73 Å². The molecule has 2 aromatic carbocycles.